The minimum Gasteiger partial charge on any atom is -0.408 e. The molecule has 0 aliphatic rings. The van der Waals surface area contributed by atoms with Crippen LogP contribution in [-0.4, -0.2) is 15.9 Å². The minimum atomic E-state index is 0.187. The van der Waals surface area contributed by atoms with Gasteiger partial charge in [0.1, 0.15) is 0 Å². The Bertz CT molecular complexity index is 547. The van der Waals surface area contributed by atoms with E-state index in [0.717, 1.165) is 12.8 Å². The summed E-state index contributed by atoms with van der Waals surface area (Å²) in [7, 11) is 0.363. The fourth-order valence-corrected chi connectivity index (χ4v) is 3.01. The Labute approximate surface area is 117 Å². The largest absolute Gasteiger partial charge is 0.408 e. The second kappa shape index (κ2) is 7.07. The predicted octanol–water partition coefficient (Wildman–Crippen LogP) is 3.62. The first-order chi connectivity index (χ1) is 9.35. The van der Waals surface area contributed by atoms with Crippen molar-refractivity contribution in [2.45, 2.75) is 18.9 Å². The highest BCUT2D eigenvalue weighted by Crippen LogP contribution is 2.11. The summed E-state index contributed by atoms with van der Waals surface area (Å²) in [5.74, 6) is 0. The summed E-state index contributed by atoms with van der Waals surface area (Å²) in [5, 5.41) is 3.80. The number of fused-ring (bicyclic) bond motifs is 1. The molecule has 2 rings (SSSR count). The molecule has 0 atom stereocenters. The average Bonchev–Trinajstić information content (AvgIpc) is 2.45. The van der Waals surface area contributed by atoms with Crippen molar-refractivity contribution in [2.24, 2.45) is 0 Å². The first-order valence-corrected chi connectivity index (χ1v) is 7.37. The zero-order valence-electron chi connectivity index (χ0n) is 11.0. The van der Waals surface area contributed by atoms with Crippen LogP contribution in [-0.2, 0) is 4.43 Å². The minimum absolute atomic E-state index is 0.187. The van der Waals surface area contributed by atoms with E-state index in [2.05, 4.69) is 55.6 Å². The van der Waals surface area contributed by atoms with Gasteiger partial charge in [-0.15, -0.1) is 13.2 Å². The molecule has 2 aromatic carbocycles. The third-order valence-electron chi connectivity index (χ3n) is 2.98. The quantitative estimate of drug-likeness (QED) is 0.549. The monoisotopic (exact) mass is 266 g/mol. The van der Waals surface area contributed by atoms with E-state index >= 15 is 0 Å². The molecule has 0 spiro atoms. The molecule has 1 nitrogen and oxygen atoms in total. The van der Waals surface area contributed by atoms with Crippen molar-refractivity contribution in [3.8, 4) is 0 Å². The molecule has 0 N–H and O–H groups in total. The third-order valence-corrected chi connectivity index (χ3v) is 4.09. The lowest BCUT2D eigenvalue weighted by Crippen LogP contribution is -2.24. The zero-order valence-corrected chi connectivity index (χ0v) is 12.0. The first kappa shape index (κ1) is 13.8. The fourth-order valence-electron chi connectivity index (χ4n) is 2.03. The summed E-state index contributed by atoms with van der Waals surface area (Å²) in [6.07, 6.45) is 5.73. The van der Waals surface area contributed by atoms with Crippen molar-refractivity contribution in [1.82, 2.24) is 0 Å². The summed E-state index contributed by atoms with van der Waals surface area (Å²) >= 11 is 0. The lowest BCUT2D eigenvalue weighted by atomic mass is 10.1. The summed E-state index contributed by atoms with van der Waals surface area (Å²) in [4.78, 5) is 0. The molecule has 96 valence electrons. The topological polar surface area (TPSA) is 9.23 Å². The van der Waals surface area contributed by atoms with Gasteiger partial charge in [0.15, 0.2) is 0 Å². The van der Waals surface area contributed by atoms with E-state index < -0.39 is 0 Å². The van der Waals surface area contributed by atoms with Gasteiger partial charge in [-0.25, -0.2) is 0 Å². The standard InChI is InChI=1S/C17H18OSi/c1-3-8-15(9-4-2)18-19-17-13-7-11-14-10-5-6-12-16(14)17/h3-7,10-13,15H,1-2,8-9H2. The second-order valence-corrected chi connectivity index (χ2v) is 5.40. The van der Waals surface area contributed by atoms with Crippen molar-refractivity contribution in [3.63, 3.8) is 0 Å². The molecule has 0 heterocycles. The van der Waals surface area contributed by atoms with Crippen LogP contribution in [0.15, 0.2) is 67.8 Å². The van der Waals surface area contributed by atoms with Gasteiger partial charge in [0.25, 0.3) is 9.76 Å². The van der Waals surface area contributed by atoms with Gasteiger partial charge in [-0.3, -0.25) is 0 Å². The summed E-state index contributed by atoms with van der Waals surface area (Å²) < 4.78 is 6.00. The van der Waals surface area contributed by atoms with E-state index in [1.54, 1.807) is 0 Å². The molecule has 0 aliphatic carbocycles. The third kappa shape index (κ3) is 3.66. The maximum absolute atomic E-state index is 6.00. The Morgan fingerprint density at radius 1 is 1.00 bits per heavy atom. The summed E-state index contributed by atoms with van der Waals surface area (Å²) in [6, 6.07) is 14.8. The van der Waals surface area contributed by atoms with E-state index in [0.29, 0.717) is 9.76 Å². The molecular formula is C17H18OSi. The Hall–Kier alpha value is -1.64. The summed E-state index contributed by atoms with van der Waals surface area (Å²) in [5.41, 5.74) is 0. The lowest BCUT2D eigenvalue weighted by Gasteiger charge is -2.14. The molecule has 0 saturated heterocycles. The smallest absolute Gasteiger partial charge is 0.269 e. The number of benzene rings is 2. The lowest BCUT2D eigenvalue weighted by molar-refractivity contribution is 0.223. The zero-order chi connectivity index (χ0) is 13.5. The SMILES string of the molecule is C=CCC(CC=C)O[Si]c1cccc2ccccc12. The van der Waals surface area contributed by atoms with Gasteiger partial charge >= 0.3 is 0 Å². The Balaban J connectivity index is 2.12. The molecule has 0 bridgehead atoms. The van der Waals surface area contributed by atoms with Gasteiger partial charge in [0.2, 0.25) is 0 Å². The molecule has 0 aliphatic heterocycles. The van der Waals surface area contributed by atoms with Crippen LogP contribution in [0.25, 0.3) is 10.8 Å². The van der Waals surface area contributed by atoms with Crippen LogP contribution >= 0.6 is 0 Å². The number of hydrogen-bond donors (Lipinski definition) is 0. The molecule has 2 radical (unpaired) electrons. The van der Waals surface area contributed by atoms with Crippen molar-refractivity contribution >= 4 is 25.7 Å². The Kier molecular flexibility index (Phi) is 5.13. The van der Waals surface area contributed by atoms with Gasteiger partial charge < -0.3 is 4.43 Å². The van der Waals surface area contributed by atoms with Gasteiger partial charge in [0, 0.05) is 0 Å². The van der Waals surface area contributed by atoms with Crippen LogP contribution in [0.1, 0.15) is 12.8 Å². The van der Waals surface area contributed by atoms with Gasteiger partial charge in [-0.2, -0.15) is 0 Å². The Morgan fingerprint density at radius 2 is 1.68 bits per heavy atom. The number of hydrogen-bond acceptors (Lipinski definition) is 1. The normalized spacial score (nSPS) is 10.8. The molecule has 2 aromatic rings. The maximum atomic E-state index is 6.00. The van der Waals surface area contributed by atoms with E-state index in [4.69, 9.17) is 4.43 Å². The van der Waals surface area contributed by atoms with Crippen LogP contribution in [0.4, 0.5) is 0 Å². The van der Waals surface area contributed by atoms with E-state index in [1.807, 2.05) is 12.2 Å². The molecule has 0 saturated carbocycles. The van der Waals surface area contributed by atoms with Gasteiger partial charge in [0.05, 0.1) is 6.10 Å². The van der Waals surface area contributed by atoms with Crippen molar-refractivity contribution < 1.29 is 4.43 Å². The predicted molar refractivity (Wildman–Crippen MR) is 83.8 cm³/mol. The molecule has 0 fully saturated rings. The van der Waals surface area contributed by atoms with Crippen LogP contribution < -0.4 is 5.19 Å². The van der Waals surface area contributed by atoms with Crippen LogP contribution in [0.2, 0.25) is 0 Å². The Morgan fingerprint density at radius 3 is 2.42 bits per heavy atom. The summed E-state index contributed by atoms with van der Waals surface area (Å²) in [6.45, 7) is 7.55. The highest BCUT2D eigenvalue weighted by molar-refractivity contribution is 6.51. The van der Waals surface area contributed by atoms with Gasteiger partial charge in [-0.05, 0) is 28.8 Å². The molecule has 19 heavy (non-hydrogen) atoms. The second-order valence-electron chi connectivity index (χ2n) is 4.42. The molecule has 2 heteroatoms. The highest BCUT2D eigenvalue weighted by atomic mass is 28.2. The van der Waals surface area contributed by atoms with Crippen LogP contribution in [0, 0.1) is 0 Å². The molecule has 0 aromatic heterocycles. The maximum Gasteiger partial charge on any atom is 0.269 e. The fraction of sp³-hybridized carbons (Fsp3) is 0.176. The van der Waals surface area contributed by atoms with Crippen molar-refractivity contribution in [1.29, 1.82) is 0 Å². The highest BCUT2D eigenvalue weighted by Gasteiger charge is 2.08. The van der Waals surface area contributed by atoms with Crippen LogP contribution in [0.3, 0.4) is 0 Å². The molecule has 0 amide bonds. The number of rotatable bonds is 7. The molecule has 0 unspecified atom stereocenters. The van der Waals surface area contributed by atoms with Gasteiger partial charge in [-0.1, -0.05) is 54.6 Å². The van der Waals surface area contributed by atoms with E-state index in [9.17, 15) is 0 Å². The van der Waals surface area contributed by atoms with E-state index in [-0.39, 0.29) is 6.10 Å². The first-order valence-electron chi connectivity index (χ1n) is 6.46. The average molecular weight is 266 g/mol. The van der Waals surface area contributed by atoms with Crippen LogP contribution in [0.5, 0.6) is 0 Å². The molecular weight excluding hydrogens is 248 g/mol. The van der Waals surface area contributed by atoms with Crippen molar-refractivity contribution in [2.75, 3.05) is 0 Å². The van der Waals surface area contributed by atoms with Crippen molar-refractivity contribution in [3.05, 3.63) is 67.8 Å². The van der Waals surface area contributed by atoms with E-state index in [1.165, 1.54) is 16.0 Å².